The van der Waals surface area contributed by atoms with Crippen molar-refractivity contribution in [2.45, 2.75) is 19.4 Å². The van der Waals surface area contributed by atoms with Crippen LogP contribution in [0.3, 0.4) is 0 Å². The van der Waals surface area contributed by atoms with E-state index < -0.39 is 27.4 Å². The maximum atomic E-state index is 13.6. The Kier molecular flexibility index (Phi) is 7.83. The largest absolute Gasteiger partial charge is 0.456 e. The first-order valence-electron chi connectivity index (χ1n) is 11.4. The zero-order valence-electron chi connectivity index (χ0n) is 20.4. The van der Waals surface area contributed by atoms with Gasteiger partial charge in [0.2, 0.25) is 5.91 Å². The molecule has 4 aromatic rings. The number of ether oxygens (including phenoxy) is 1. The fourth-order valence-electron chi connectivity index (χ4n) is 3.67. The lowest BCUT2D eigenvalue weighted by Gasteiger charge is -2.14. The van der Waals surface area contributed by atoms with E-state index in [2.05, 4.69) is 20.6 Å². The Morgan fingerprint density at radius 2 is 1.95 bits per heavy atom. The van der Waals surface area contributed by atoms with Crippen LogP contribution in [0, 0.1) is 0 Å². The van der Waals surface area contributed by atoms with Gasteiger partial charge in [0.05, 0.1) is 10.5 Å². The van der Waals surface area contributed by atoms with E-state index in [1.54, 1.807) is 36.5 Å². The molecule has 0 bridgehead atoms. The van der Waals surface area contributed by atoms with E-state index >= 15 is 0 Å². The number of nitrogens with one attached hydrogen (secondary N) is 2. The number of hydrogen-bond donors (Lipinski definition) is 2. The van der Waals surface area contributed by atoms with Crippen LogP contribution >= 0.6 is 11.6 Å². The standard InChI is InChI=1S/C25H24ClF2N5O4S/c1-25(27,28)16-4-3-5-18(12-16)37-21-7-6-17(13-19(21)26)32-24-23-20(30-15-31-24)8-10-33(23)11-9-29-22(34)14-38(2,35)36/h3-8,10,12-13,15H,9,11,14H2,1-2H3,(H,29,34)(H,30,31,32). The van der Waals surface area contributed by atoms with Gasteiger partial charge in [0.1, 0.15) is 29.1 Å². The number of alkyl halides is 2. The fraction of sp³-hybridized carbons (Fsp3) is 0.240. The smallest absolute Gasteiger partial charge is 0.270 e. The van der Waals surface area contributed by atoms with Crippen LogP contribution in [-0.2, 0) is 27.1 Å². The normalized spacial score (nSPS) is 11.9. The van der Waals surface area contributed by atoms with Crippen LogP contribution in [-0.4, -0.2) is 47.4 Å². The van der Waals surface area contributed by atoms with Crippen molar-refractivity contribution < 1.29 is 26.7 Å². The predicted octanol–water partition coefficient (Wildman–Crippen LogP) is 4.89. The molecule has 0 spiro atoms. The number of sulfone groups is 1. The first-order valence-corrected chi connectivity index (χ1v) is 13.8. The molecule has 2 aromatic heterocycles. The molecule has 9 nitrogen and oxygen atoms in total. The summed E-state index contributed by atoms with van der Waals surface area (Å²) in [5.74, 6) is -3.16. The quantitative estimate of drug-likeness (QED) is 0.282. The molecule has 0 atom stereocenters. The molecule has 1 amide bonds. The van der Waals surface area contributed by atoms with Gasteiger partial charge >= 0.3 is 0 Å². The molecule has 0 fully saturated rings. The number of nitrogens with zero attached hydrogens (tertiary/aromatic N) is 3. The first-order chi connectivity index (χ1) is 17.9. The molecule has 2 aromatic carbocycles. The van der Waals surface area contributed by atoms with Crippen LogP contribution in [0.25, 0.3) is 11.0 Å². The number of rotatable bonds is 10. The average molecular weight is 564 g/mol. The van der Waals surface area contributed by atoms with Gasteiger partial charge in [-0.2, -0.15) is 0 Å². The summed E-state index contributed by atoms with van der Waals surface area (Å²) in [5.41, 5.74) is 1.74. The molecule has 2 heterocycles. The van der Waals surface area contributed by atoms with Gasteiger partial charge in [-0.15, -0.1) is 0 Å². The number of fused-ring (bicyclic) bond motifs is 1. The number of anilines is 2. The maximum Gasteiger partial charge on any atom is 0.270 e. The molecular weight excluding hydrogens is 540 g/mol. The van der Waals surface area contributed by atoms with Crippen LogP contribution < -0.4 is 15.4 Å². The van der Waals surface area contributed by atoms with Crippen LogP contribution in [0.5, 0.6) is 11.5 Å². The van der Waals surface area contributed by atoms with E-state index in [0.717, 1.165) is 13.2 Å². The summed E-state index contributed by atoms with van der Waals surface area (Å²) >= 11 is 6.41. The van der Waals surface area contributed by atoms with E-state index in [1.165, 1.54) is 24.5 Å². The SMILES string of the molecule is CC(F)(F)c1cccc(Oc2ccc(Nc3ncnc4ccn(CCNC(=O)CS(C)(=O)=O)c34)cc2Cl)c1. The summed E-state index contributed by atoms with van der Waals surface area (Å²) in [6.07, 6.45) is 4.18. The summed E-state index contributed by atoms with van der Waals surface area (Å²) in [7, 11) is -3.41. The highest BCUT2D eigenvalue weighted by molar-refractivity contribution is 7.91. The lowest BCUT2D eigenvalue weighted by Crippen LogP contribution is -2.32. The van der Waals surface area contributed by atoms with Crippen molar-refractivity contribution in [3.63, 3.8) is 0 Å². The lowest BCUT2D eigenvalue weighted by atomic mass is 10.1. The van der Waals surface area contributed by atoms with Crippen molar-refractivity contribution in [1.29, 1.82) is 0 Å². The van der Waals surface area contributed by atoms with E-state index in [1.807, 2.05) is 4.57 Å². The molecule has 200 valence electrons. The Balaban J connectivity index is 1.49. The van der Waals surface area contributed by atoms with Crippen molar-refractivity contribution >= 4 is 49.9 Å². The number of aromatic nitrogens is 3. The van der Waals surface area contributed by atoms with Crippen LogP contribution in [0.4, 0.5) is 20.3 Å². The average Bonchev–Trinajstić information content (AvgIpc) is 3.23. The van der Waals surface area contributed by atoms with Gasteiger partial charge in [0.25, 0.3) is 5.92 Å². The van der Waals surface area contributed by atoms with Crippen molar-refractivity contribution in [3.05, 3.63) is 71.6 Å². The second-order valence-corrected chi connectivity index (χ2v) is 11.2. The third-order valence-corrected chi connectivity index (χ3v) is 6.46. The van der Waals surface area contributed by atoms with Gasteiger partial charge in [-0.05, 0) is 36.4 Å². The topological polar surface area (TPSA) is 115 Å². The maximum absolute atomic E-state index is 13.6. The number of carbonyl (C=O) groups excluding carboxylic acids is 1. The highest BCUT2D eigenvalue weighted by atomic mass is 35.5. The Morgan fingerprint density at radius 3 is 2.66 bits per heavy atom. The van der Waals surface area contributed by atoms with Crippen molar-refractivity contribution in [2.24, 2.45) is 0 Å². The second kappa shape index (κ2) is 10.9. The van der Waals surface area contributed by atoms with E-state index in [-0.39, 0.29) is 28.6 Å². The zero-order chi connectivity index (χ0) is 27.5. The summed E-state index contributed by atoms with van der Waals surface area (Å²) in [4.78, 5) is 20.4. The first kappa shape index (κ1) is 27.3. The number of amides is 1. The van der Waals surface area contributed by atoms with Crippen LogP contribution in [0.1, 0.15) is 12.5 Å². The Hall–Kier alpha value is -3.77. The summed E-state index contributed by atoms with van der Waals surface area (Å²) in [5, 5.41) is 6.02. The number of benzene rings is 2. The van der Waals surface area contributed by atoms with Gasteiger partial charge < -0.3 is 19.9 Å². The summed E-state index contributed by atoms with van der Waals surface area (Å²) in [6.45, 7) is 1.37. The molecular formula is C25H24ClF2N5O4S. The van der Waals surface area contributed by atoms with Crippen molar-refractivity contribution in [1.82, 2.24) is 19.9 Å². The Morgan fingerprint density at radius 1 is 1.16 bits per heavy atom. The highest BCUT2D eigenvalue weighted by Crippen LogP contribution is 2.35. The molecule has 38 heavy (non-hydrogen) atoms. The van der Waals surface area contributed by atoms with Gasteiger partial charge in [-0.1, -0.05) is 23.7 Å². The van der Waals surface area contributed by atoms with Gasteiger partial charge in [-0.3, -0.25) is 4.79 Å². The molecule has 0 saturated carbocycles. The molecule has 0 unspecified atom stereocenters. The zero-order valence-corrected chi connectivity index (χ0v) is 22.0. The highest BCUT2D eigenvalue weighted by Gasteiger charge is 2.24. The summed E-state index contributed by atoms with van der Waals surface area (Å²) in [6, 6.07) is 12.3. The van der Waals surface area contributed by atoms with Crippen molar-refractivity contribution in [3.8, 4) is 11.5 Å². The Labute approximate surface area is 222 Å². The molecule has 13 heteroatoms. The number of halogens is 3. The van der Waals surface area contributed by atoms with E-state index in [0.29, 0.717) is 29.1 Å². The molecule has 4 rings (SSSR count). The fourth-order valence-corrected chi connectivity index (χ4v) is 4.47. The van der Waals surface area contributed by atoms with Crippen LogP contribution in [0.2, 0.25) is 5.02 Å². The third-order valence-electron chi connectivity index (χ3n) is 5.38. The molecule has 0 aliphatic carbocycles. The minimum atomic E-state index is -3.41. The third kappa shape index (κ3) is 6.95. The second-order valence-electron chi connectivity index (χ2n) is 8.67. The lowest BCUT2D eigenvalue weighted by molar-refractivity contribution is -0.118. The van der Waals surface area contributed by atoms with Gasteiger partial charge in [0.15, 0.2) is 15.7 Å². The minimum Gasteiger partial charge on any atom is -0.456 e. The van der Waals surface area contributed by atoms with Crippen molar-refractivity contribution in [2.75, 3.05) is 23.9 Å². The monoisotopic (exact) mass is 563 g/mol. The molecule has 0 aliphatic heterocycles. The minimum absolute atomic E-state index is 0.171. The van der Waals surface area contributed by atoms with Gasteiger partial charge in [0, 0.05) is 43.7 Å². The number of carbonyl (C=O) groups is 1. The van der Waals surface area contributed by atoms with E-state index in [9.17, 15) is 22.0 Å². The predicted molar refractivity (Wildman–Crippen MR) is 141 cm³/mol. The van der Waals surface area contributed by atoms with Gasteiger partial charge in [-0.25, -0.2) is 27.2 Å². The number of hydrogen-bond acceptors (Lipinski definition) is 7. The molecule has 0 aliphatic rings. The molecule has 2 N–H and O–H groups in total. The Bertz CT molecular complexity index is 1590. The summed E-state index contributed by atoms with van der Waals surface area (Å²) < 4.78 is 57.4. The van der Waals surface area contributed by atoms with E-state index in [4.69, 9.17) is 16.3 Å². The van der Waals surface area contributed by atoms with Crippen LogP contribution in [0.15, 0.2) is 61.1 Å². The molecule has 0 radical (unpaired) electrons. The molecule has 0 saturated heterocycles.